The summed E-state index contributed by atoms with van der Waals surface area (Å²) in [6.45, 7) is 1.08. The van der Waals surface area contributed by atoms with Crippen LogP contribution >= 0.6 is 0 Å². The fourth-order valence-corrected chi connectivity index (χ4v) is 1.65. The van der Waals surface area contributed by atoms with Gasteiger partial charge in [0.25, 0.3) is 11.8 Å². The second-order valence-electron chi connectivity index (χ2n) is 3.86. The first-order valence-electron chi connectivity index (χ1n) is 5.04. The molecule has 1 unspecified atom stereocenters. The summed E-state index contributed by atoms with van der Waals surface area (Å²) in [7, 11) is 0. The normalized spacial score (nSPS) is 20.7. The Balaban J connectivity index is 0.000000357. The number of fused-ring (bicyclic) bond motifs is 1. The van der Waals surface area contributed by atoms with Crippen molar-refractivity contribution < 1.29 is 19.6 Å². The average Bonchev–Trinajstić information content (AvgIpc) is 2.53. The van der Waals surface area contributed by atoms with Gasteiger partial charge in [-0.2, -0.15) is 0 Å². The molecule has 0 radical (unpaired) electrons. The van der Waals surface area contributed by atoms with Gasteiger partial charge >= 0.3 is 5.66 Å². The molecule has 7 nitrogen and oxygen atoms in total. The molecule has 2 rings (SSSR count). The Labute approximate surface area is 102 Å². The molecular formula is C11H12N2O5. The highest BCUT2D eigenvalue weighted by molar-refractivity contribution is 6.06. The number of hydrogen-bond donors (Lipinski definition) is 2. The van der Waals surface area contributed by atoms with Crippen LogP contribution in [0, 0.1) is 10.1 Å². The van der Waals surface area contributed by atoms with E-state index in [1.54, 1.807) is 24.3 Å². The van der Waals surface area contributed by atoms with Crippen LogP contribution in [0.1, 0.15) is 22.8 Å². The lowest BCUT2D eigenvalue weighted by atomic mass is 10.1. The van der Waals surface area contributed by atoms with Gasteiger partial charge < -0.3 is 5.11 Å². The number of carbonyl (C=O) groups excluding carboxylic acids is 1. The van der Waals surface area contributed by atoms with Gasteiger partial charge in [0.1, 0.15) is 0 Å². The van der Waals surface area contributed by atoms with Crippen molar-refractivity contribution in [1.82, 2.24) is 0 Å². The SMILES string of the molecule is CC(=O)O.NC1([N+](=O)[O-])Cc2ccccc2C1=O. The van der Waals surface area contributed by atoms with E-state index in [4.69, 9.17) is 15.6 Å². The Hall–Kier alpha value is -2.28. The van der Waals surface area contributed by atoms with Crippen LogP contribution in [-0.2, 0) is 11.2 Å². The molecule has 1 aliphatic rings. The summed E-state index contributed by atoms with van der Waals surface area (Å²) in [5, 5.41) is 18.1. The molecule has 1 aromatic rings. The Morgan fingerprint density at radius 3 is 2.44 bits per heavy atom. The predicted octanol–water partition coefficient (Wildman–Crippen LogP) is 0.448. The van der Waals surface area contributed by atoms with E-state index in [0.29, 0.717) is 11.1 Å². The number of nitrogens with zero attached hydrogens (tertiary/aromatic N) is 1. The summed E-state index contributed by atoms with van der Waals surface area (Å²) in [6, 6.07) is 6.65. The van der Waals surface area contributed by atoms with E-state index in [1.807, 2.05) is 0 Å². The van der Waals surface area contributed by atoms with Crippen LogP contribution in [0.4, 0.5) is 0 Å². The molecule has 3 N–H and O–H groups in total. The molecule has 0 aromatic heterocycles. The van der Waals surface area contributed by atoms with E-state index < -0.39 is 22.3 Å². The van der Waals surface area contributed by atoms with E-state index >= 15 is 0 Å². The number of carboxylic acid groups (broad SMARTS) is 1. The average molecular weight is 252 g/mol. The fraction of sp³-hybridized carbons (Fsp3) is 0.273. The summed E-state index contributed by atoms with van der Waals surface area (Å²) in [6.07, 6.45) is -0.0188. The van der Waals surface area contributed by atoms with Gasteiger partial charge in [-0.05, 0) is 5.56 Å². The van der Waals surface area contributed by atoms with Crippen LogP contribution in [0.15, 0.2) is 24.3 Å². The van der Waals surface area contributed by atoms with Crippen molar-refractivity contribution in [3.8, 4) is 0 Å². The van der Waals surface area contributed by atoms with E-state index in [9.17, 15) is 14.9 Å². The first kappa shape index (κ1) is 13.8. The molecule has 0 spiro atoms. The lowest BCUT2D eigenvalue weighted by molar-refractivity contribution is -0.547. The molecule has 0 saturated heterocycles. The van der Waals surface area contributed by atoms with Gasteiger partial charge in [0.05, 0.1) is 11.3 Å². The Bertz CT molecular complexity index is 510. The Kier molecular flexibility index (Phi) is 3.77. The van der Waals surface area contributed by atoms with Gasteiger partial charge in [-0.15, -0.1) is 0 Å². The summed E-state index contributed by atoms with van der Waals surface area (Å²) in [5.74, 6) is -1.43. The van der Waals surface area contributed by atoms with Gasteiger partial charge in [0.15, 0.2) is 0 Å². The number of aliphatic carboxylic acids is 1. The number of nitrogens with two attached hydrogens (primary N) is 1. The highest BCUT2D eigenvalue weighted by Gasteiger charge is 2.53. The van der Waals surface area contributed by atoms with Crippen molar-refractivity contribution in [2.24, 2.45) is 5.73 Å². The number of nitro groups is 1. The second-order valence-corrected chi connectivity index (χ2v) is 3.86. The molecule has 0 bridgehead atoms. The maximum atomic E-state index is 11.6. The van der Waals surface area contributed by atoms with Crippen molar-refractivity contribution in [1.29, 1.82) is 0 Å². The number of carboxylic acids is 1. The van der Waals surface area contributed by atoms with Crippen LogP contribution in [0.2, 0.25) is 0 Å². The zero-order valence-electron chi connectivity index (χ0n) is 9.62. The molecule has 1 atom stereocenters. The number of benzene rings is 1. The van der Waals surface area contributed by atoms with E-state index in [0.717, 1.165) is 6.92 Å². The van der Waals surface area contributed by atoms with E-state index in [1.165, 1.54) is 0 Å². The monoisotopic (exact) mass is 252 g/mol. The third kappa shape index (κ3) is 2.51. The molecule has 0 heterocycles. The summed E-state index contributed by atoms with van der Waals surface area (Å²) >= 11 is 0. The van der Waals surface area contributed by atoms with Crippen molar-refractivity contribution in [3.05, 3.63) is 45.5 Å². The molecule has 1 aliphatic carbocycles. The van der Waals surface area contributed by atoms with Crippen LogP contribution in [0.5, 0.6) is 0 Å². The number of carbonyl (C=O) groups is 2. The van der Waals surface area contributed by atoms with Gasteiger partial charge in [-0.1, -0.05) is 24.3 Å². The Morgan fingerprint density at radius 2 is 2.00 bits per heavy atom. The van der Waals surface area contributed by atoms with Crippen LogP contribution in [-0.4, -0.2) is 27.4 Å². The van der Waals surface area contributed by atoms with Gasteiger partial charge in [0.2, 0.25) is 0 Å². The zero-order valence-corrected chi connectivity index (χ0v) is 9.62. The minimum Gasteiger partial charge on any atom is -0.481 e. The highest BCUT2D eigenvalue weighted by atomic mass is 16.6. The molecule has 96 valence electrons. The fourth-order valence-electron chi connectivity index (χ4n) is 1.65. The van der Waals surface area contributed by atoms with Crippen molar-refractivity contribution >= 4 is 11.8 Å². The van der Waals surface area contributed by atoms with E-state index in [2.05, 4.69) is 0 Å². The molecule has 7 heteroatoms. The molecule has 1 aromatic carbocycles. The quantitative estimate of drug-likeness (QED) is 0.424. The first-order valence-corrected chi connectivity index (χ1v) is 5.04. The van der Waals surface area contributed by atoms with Gasteiger partial charge in [0, 0.05) is 12.5 Å². The zero-order chi connectivity index (χ0) is 13.9. The number of Topliss-reactive ketones (excluding diaryl/α,β-unsaturated/α-hetero) is 1. The van der Waals surface area contributed by atoms with Crippen LogP contribution in [0.25, 0.3) is 0 Å². The van der Waals surface area contributed by atoms with Crippen molar-refractivity contribution in [2.75, 3.05) is 0 Å². The smallest absolute Gasteiger partial charge is 0.339 e. The van der Waals surface area contributed by atoms with Gasteiger partial charge in [-0.3, -0.25) is 25.4 Å². The van der Waals surface area contributed by atoms with Crippen LogP contribution in [0.3, 0.4) is 0 Å². The molecule has 0 aliphatic heterocycles. The first-order chi connectivity index (χ1) is 8.29. The van der Waals surface area contributed by atoms with Crippen LogP contribution < -0.4 is 5.73 Å². The van der Waals surface area contributed by atoms with E-state index in [-0.39, 0.29) is 6.42 Å². The highest BCUT2D eigenvalue weighted by Crippen LogP contribution is 2.28. The summed E-state index contributed by atoms with van der Waals surface area (Å²) in [5.41, 5.74) is 4.51. The Morgan fingerprint density at radius 1 is 1.50 bits per heavy atom. The second kappa shape index (κ2) is 4.92. The third-order valence-corrected chi connectivity index (χ3v) is 2.44. The maximum Gasteiger partial charge on any atom is 0.339 e. The lowest BCUT2D eigenvalue weighted by Crippen LogP contribution is -2.53. The lowest BCUT2D eigenvalue weighted by Gasteiger charge is -2.10. The molecule has 0 saturated carbocycles. The molecular weight excluding hydrogens is 240 g/mol. The summed E-state index contributed by atoms with van der Waals surface area (Å²) in [4.78, 5) is 30.5. The topological polar surface area (TPSA) is 124 Å². The van der Waals surface area contributed by atoms with Crippen molar-refractivity contribution in [2.45, 2.75) is 19.0 Å². The third-order valence-electron chi connectivity index (χ3n) is 2.44. The number of ketones is 1. The van der Waals surface area contributed by atoms with Gasteiger partial charge in [-0.25, -0.2) is 0 Å². The standard InChI is InChI=1S/C9H8N2O3.C2H4O2/c10-9(11(13)14)5-6-3-1-2-4-7(6)8(9)12;1-2(3)4/h1-4H,5,10H2;1H3,(H,3,4). The molecule has 0 amide bonds. The minimum atomic E-state index is -1.95. The van der Waals surface area contributed by atoms with Crippen molar-refractivity contribution in [3.63, 3.8) is 0 Å². The minimum absolute atomic E-state index is 0.0188. The molecule has 18 heavy (non-hydrogen) atoms. The summed E-state index contributed by atoms with van der Waals surface area (Å²) < 4.78 is 0. The largest absolute Gasteiger partial charge is 0.481 e. The molecule has 0 fully saturated rings. The predicted molar refractivity (Wildman–Crippen MR) is 61.7 cm³/mol. The maximum absolute atomic E-state index is 11.6. The number of rotatable bonds is 1. The number of hydrogen-bond acceptors (Lipinski definition) is 5.